The SMILES string of the molecule is C[C@@H](CCCOc1ccc(C(=O)N(C)C)c(Cl)c1)C1CCN(C(=O)[C@](O)(c2ccccc2)C(F)(F)F)CC1. The molecule has 208 valence electrons. The zero-order chi connectivity index (χ0) is 28.1. The van der Waals surface area contributed by atoms with Crippen LogP contribution >= 0.6 is 11.6 Å². The van der Waals surface area contributed by atoms with Crippen LogP contribution in [0.5, 0.6) is 5.75 Å². The quantitative estimate of drug-likeness (QED) is 0.414. The van der Waals surface area contributed by atoms with Gasteiger partial charge in [0.05, 0.1) is 17.2 Å². The molecule has 1 aliphatic heterocycles. The summed E-state index contributed by atoms with van der Waals surface area (Å²) in [4.78, 5) is 27.6. The van der Waals surface area contributed by atoms with E-state index in [1.165, 1.54) is 23.1 Å². The molecule has 0 aromatic heterocycles. The molecule has 1 saturated heterocycles. The molecule has 0 spiro atoms. The number of alkyl halides is 3. The predicted octanol–water partition coefficient (Wildman–Crippen LogP) is 5.53. The first-order chi connectivity index (χ1) is 17.9. The van der Waals surface area contributed by atoms with Crippen LogP contribution in [0.4, 0.5) is 13.2 Å². The van der Waals surface area contributed by atoms with Crippen molar-refractivity contribution in [1.82, 2.24) is 9.80 Å². The zero-order valence-electron chi connectivity index (χ0n) is 21.8. The monoisotopic (exact) mass is 554 g/mol. The summed E-state index contributed by atoms with van der Waals surface area (Å²) in [6.45, 7) is 2.86. The molecule has 1 N–H and O–H groups in total. The van der Waals surface area contributed by atoms with Crippen LogP contribution in [0, 0.1) is 11.8 Å². The maximum absolute atomic E-state index is 13.9. The van der Waals surface area contributed by atoms with Crippen molar-refractivity contribution < 1.29 is 32.6 Å². The largest absolute Gasteiger partial charge is 0.494 e. The van der Waals surface area contributed by atoms with Crippen LogP contribution in [0.25, 0.3) is 0 Å². The zero-order valence-corrected chi connectivity index (χ0v) is 22.6. The van der Waals surface area contributed by atoms with Crippen LogP contribution in [0.15, 0.2) is 48.5 Å². The van der Waals surface area contributed by atoms with Gasteiger partial charge in [0.2, 0.25) is 0 Å². The summed E-state index contributed by atoms with van der Waals surface area (Å²) in [6.07, 6.45) is -2.40. The topological polar surface area (TPSA) is 70.1 Å². The van der Waals surface area contributed by atoms with Crippen molar-refractivity contribution in [3.8, 4) is 5.75 Å². The molecule has 10 heteroatoms. The lowest BCUT2D eigenvalue weighted by Gasteiger charge is -2.39. The Kier molecular flexibility index (Phi) is 9.70. The van der Waals surface area contributed by atoms with Crippen LogP contribution in [-0.2, 0) is 10.4 Å². The van der Waals surface area contributed by atoms with Gasteiger partial charge in [0, 0.05) is 32.7 Å². The van der Waals surface area contributed by atoms with Crippen molar-refractivity contribution in [3.63, 3.8) is 0 Å². The van der Waals surface area contributed by atoms with E-state index in [-0.39, 0.29) is 30.8 Å². The van der Waals surface area contributed by atoms with E-state index in [0.29, 0.717) is 35.8 Å². The van der Waals surface area contributed by atoms with Gasteiger partial charge < -0.3 is 19.6 Å². The lowest BCUT2D eigenvalue weighted by molar-refractivity contribution is -0.262. The van der Waals surface area contributed by atoms with E-state index in [9.17, 15) is 27.9 Å². The summed E-state index contributed by atoms with van der Waals surface area (Å²) in [5.41, 5.74) is -3.64. The number of carbonyl (C=O) groups is 2. The van der Waals surface area contributed by atoms with Crippen molar-refractivity contribution in [1.29, 1.82) is 0 Å². The second kappa shape index (κ2) is 12.4. The van der Waals surface area contributed by atoms with Crippen LogP contribution in [-0.4, -0.2) is 66.7 Å². The van der Waals surface area contributed by atoms with Gasteiger partial charge in [-0.05, 0) is 55.7 Å². The maximum Gasteiger partial charge on any atom is 0.430 e. The van der Waals surface area contributed by atoms with E-state index in [1.54, 1.807) is 32.3 Å². The van der Waals surface area contributed by atoms with Crippen LogP contribution in [0.2, 0.25) is 5.02 Å². The predicted molar refractivity (Wildman–Crippen MR) is 139 cm³/mol. The molecule has 2 aromatic carbocycles. The Morgan fingerprint density at radius 1 is 1.13 bits per heavy atom. The van der Waals surface area contributed by atoms with Gasteiger partial charge in [-0.3, -0.25) is 9.59 Å². The van der Waals surface area contributed by atoms with Gasteiger partial charge in [0.15, 0.2) is 0 Å². The number of amides is 2. The molecule has 0 bridgehead atoms. The Labute approximate surface area is 226 Å². The molecule has 0 aliphatic carbocycles. The average Bonchev–Trinajstić information content (AvgIpc) is 2.89. The van der Waals surface area contributed by atoms with E-state index < -0.39 is 23.2 Å². The maximum atomic E-state index is 13.9. The third-order valence-corrected chi connectivity index (χ3v) is 7.51. The third-order valence-electron chi connectivity index (χ3n) is 7.19. The molecule has 0 radical (unpaired) electrons. The van der Waals surface area contributed by atoms with Crippen molar-refractivity contribution >= 4 is 23.4 Å². The molecule has 1 fully saturated rings. The lowest BCUT2D eigenvalue weighted by Crippen LogP contribution is -2.57. The number of aliphatic hydroxyl groups is 1. The molecular weight excluding hydrogens is 521 g/mol. The minimum Gasteiger partial charge on any atom is -0.494 e. The van der Waals surface area contributed by atoms with Gasteiger partial charge >= 0.3 is 6.18 Å². The Morgan fingerprint density at radius 2 is 1.76 bits per heavy atom. The van der Waals surface area contributed by atoms with Crippen LogP contribution in [0.1, 0.15) is 48.5 Å². The second-order valence-electron chi connectivity index (χ2n) is 10.0. The number of ether oxygens (including phenoxy) is 1. The van der Waals surface area contributed by atoms with E-state index in [1.807, 2.05) is 0 Å². The number of hydrogen-bond acceptors (Lipinski definition) is 4. The molecule has 6 nitrogen and oxygen atoms in total. The first-order valence-electron chi connectivity index (χ1n) is 12.6. The van der Waals surface area contributed by atoms with Crippen LogP contribution in [0.3, 0.4) is 0 Å². The van der Waals surface area contributed by atoms with Gasteiger partial charge in [-0.15, -0.1) is 0 Å². The number of hydrogen-bond donors (Lipinski definition) is 1. The third kappa shape index (κ3) is 6.61. The highest BCUT2D eigenvalue weighted by Gasteiger charge is 2.62. The molecule has 3 rings (SSSR count). The molecule has 0 saturated carbocycles. The summed E-state index contributed by atoms with van der Waals surface area (Å²) < 4.78 is 47.4. The number of likely N-dealkylation sites (tertiary alicyclic amines) is 1. The minimum atomic E-state index is -5.14. The van der Waals surface area contributed by atoms with Gasteiger partial charge in [-0.2, -0.15) is 13.2 Å². The molecule has 1 aliphatic rings. The van der Waals surface area contributed by atoms with Crippen molar-refractivity contribution in [2.45, 2.75) is 44.4 Å². The molecule has 2 aromatic rings. The Bertz CT molecular complexity index is 1110. The van der Waals surface area contributed by atoms with Crippen molar-refractivity contribution in [3.05, 3.63) is 64.7 Å². The standard InChI is InChI=1S/C28H34ClF3N2O4/c1-19(8-7-17-38-22-11-12-23(24(29)18-22)25(35)33(2)3)20-13-15-34(16-14-20)26(36)27(37,28(30,31)32)21-9-5-4-6-10-21/h4-6,9-12,18-20,37H,7-8,13-17H2,1-3H3/t19-,27+/m0/s1. The molecule has 2 amide bonds. The number of rotatable bonds is 9. The Balaban J connectivity index is 1.48. The Hall–Kier alpha value is -2.78. The van der Waals surface area contributed by atoms with Crippen molar-refractivity contribution in [2.24, 2.45) is 11.8 Å². The molecule has 0 unspecified atom stereocenters. The van der Waals surface area contributed by atoms with E-state index in [0.717, 1.165) is 29.9 Å². The average molecular weight is 555 g/mol. The summed E-state index contributed by atoms with van der Waals surface area (Å²) in [5.74, 6) is -0.407. The molecule has 1 heterocycles. The van der Waals surface area contributed by atoms with E-state index in [2.05, 4.69) is 6.92 Å². The fourth-order valence-corrected chi connectivity index (χ4v) is 5.07. The first-order valence-corrected chi connectivity index (χ1v) is 13.0. The number of nitrogens with zero attached hydrogens (tertiary/aromatic N) is 2. The molecule has 38 heavy (non-hydrogen) atoms. The van der Waals surface area contributed by atoms with Gasteiger partial charge in [0.1, 0.15) is 5.75 Å². The summed E-state index contributed by atoms with van der Waals surface area (Å²) in [6, 6.07) is 11.5. The molecular formula is C28H34ClF3N2O4. The van der Waals surface area contributed by atoms with Gasteiger partial charge in [-0.25, -0.2) is 0 Å². The van der Waals surface area contributed by atoms with Crippen LogP contribution < -0.4 is 4.74 Å². The number of benzene rings is 2. The highest BCUT2D eigenvalue weighted by atomic mass is 35.5. The number of carbonyl (C=O) groups excluding carboxylic acids is 2. The summed E-state index contributed by atoms with van der Waals surface area (Å²) in [7, 11) is 3.30. The normalized spacial score (nSPS) is 17.0. The van der Waals surface area contributed by atoms with E-state index >= 15 is 0 Å². The highest BCUT2D eigenvalue weighted by Crippen LogP contribution is 2.41. The smallest absolute Gasteiger partial charge is 0.430 e. The highest BCUT2D eigenvalue weighted by molar-refractivity contribution is 6.34. The second-order valence-corrected chi connectivity index (χ2v) is 10.4. The Morgan fingerprint density at radius 3 is 2.32 bits per heavy atom. The van der Waals surface area contributed by atoms with Crippen molar-refractivity contribution in [2.75, 3.05) is 33.8 Å². The summed E-state index contributed by atoms with van der Waals surface area (Å²) in [5, 5.41) is 10.9. The lowest BCUT2D eigenvalue weighted by atomic mass is 9.82. The minimum absolute atomic E-state index is 0.159. The number of halogens is 4. The fraction of sp³-hybridized carbons (Fsp3) is 0.500. The summed E-state index contributed by atoms with van der Waals surface area (Å²) >= 11 is 6.22. The first kappa shape index (κ1) is 29.8. The number of piperidine rings is 1. The van der Waals surface area contributed by atoms with E-state index in [4.69, 9.17) is 16.3 Å². The van der Waals surface area contributed by atoms with Gasteiger partial charge in [0.25, 0.3) is 17.4 Å². The fourth-order valence-electron chi connectivity index (χ4n) is 4.82. The molecule has 2 atom stereocenters. The van der Waals surface area contributed by atoms with Gasteiger partial charge in [-0.1, -0.05) is 48.9 Å².